The Hall–Kier alpha value is -0.220. The molecule has 104 valence electrons. The second kappa shape index (κ2) is 5.83. The average molecular weight is 269 g/mol. The van der Waals surface area contributed by atoms with Crippen LogP contribution in [-0.4, -0.2) is 48.5 Å². The van der Waals surface area contributed by atoms with Crippen LogP contribution in [-0.2, 0) is 0 Å². The van der Waals surface area contributed by atoms with Crippen LogP contribution in [0.4, 0.5) is 0 Å². The summed E-state index contributed by atoms with van der Waals surface area (Å²) in [6.45, 7) is 10.4. The minimum absolute atomic E-state index is 0.414. The second-order valence-electron chi connectivity index (χ2n) is 6.54. The van der Waals surface area contributed by atoms with Gasteiger partial charge in [0.25, 0.3) is 0 Å². The molecule has 0 aromatic carbocycles. The Labute approximate surface area is 116 Å². The monoisotopic (exact) mass is 269 g/mol. The molecule has 0 aromatic rings. The van der Waals surface area contributed by atoms with Crippen LogP contribution in [0.5, 0.6) is 0 Å². The Morgan fingerprint density at radius 2 is 2.11 bits per heavy atom. The van der Waals surface area contributed by atoms with Gasteiger partial charge in [0.05, 0.1) is 0 Å². The molecule has 2 saturated heterocycles. The largest absolute Gasteiger partial charge is 0.361 e. The van der Waals surface area contributed by atoms with Gasteiger partial charge in [-0.15, -0.1) is 0 Å². The van der Waals surface area contributed by atoms with Gasteiger partial charge in [-0.25, -0.2) is 0 Å². The third-order valence-electron chi connectivity index (χ3n) is 4.31. The van der Waals surface area contributed by atoms with Gasteiger partial charge in [0.15, 0.2) is 5.17 Å². The Kier molecular flexibility index (Phi) is 4.59. The molecule has 2 rings (SSSR count). The van der Waals surface area contributed by atoms with Crippen LogP contribution < -0.4 is 5.32 Å². The van der Waals surface area contributed by atoms with Gasteiger partial charge in [-0.05, 0) is 44.3 Å². The van der Waals surface area contributed by atoms with Gasteiger partial charge < -0.3 is 10.2 Å². The number of piperidine rings is 1. The maximum atomic E-state index is 4.83. The molecule has 0 radical (unpaired) electrons. The fraction of sp³-hybridized carbons (Fsp3) is 0.929. The molecular weight excluding hydrogens is 242 g/mol. The van der Waals surface area contributed by atoms with Gasteiger partial charge in [0.2, 0.25) is 0 Å². The van der Waals surface area contributed by atoms with Crippen molar-refractivity contribution < 1.29 is 0 Å². The third kappa shape index (κ3) is 3.64. The van der Waals surface area contributed by atoms with Crippen molar-refractivity contribution in [1.82, 2.24) is 10.2 Å². The quantitative estimate of drug-likeness (QED) is 0.853. The zero-order chi connectivity index (χ0) is 13.2. The molecule has 0 amide bonds. The summed E-state index contributed by atoms with van der Waals surface area (Å²) >= 11 is 1.90. The van der Waals surface area contributed by atoms with E-state index < -0.39 is 0 Å². The maximum Gasteiger partial charge on any atom is 0.156 e. The summed E-state index contributed by atoms with van der Waals surface area (Å²) in [5.74, 6) is 1.87. The predicted molar refractivity (Wildman–Crippen MR) is 81.4 cm³/mol. The van der Waals surface area contributed by atoms with Crippen molar-refractivity contribution in [1.29, 1.82) is 0 Å². The van der Waals surface area contributed by atoms with Gasteiger partial charge in [-0.2, -0.15) is 0 Å². The highest BCUT2D eigenvalue weighted by atomic mass is 32.2. The van der Waals surface area contributed by atoms with E-state index in [1.807, 2.05) is 11.8 Å². The highest BCUT2D eigenvalue weighted by Gasteiger charge is 2.29. The number of rotatable bonds is 3. The molecule has 4 heteroatoms. The smallest absolute Gasteiger partial charge is 0.156 e. The third-order valence-corrected chi connectivity index (χ3v) is 5.36. The number of aliphatic imine (C=N–C) groups is 1. The molecule has 2 heterocycles. The molecule has 2 fully saturated rings. The van der Waals surface area contributed by atoms with Gasteiger partial charge in [-0.1, -0.05) is 32.5 Å². The molecule has 2 aliphatic heterocycles. The number of thioether (sulfide) groups is 1. The summed E-state index contributed by atoms with van der Waals surface area (Å²) in [6.07, 6.45) is 2.55. The first-order valence-corrected chi connectivity index (χ1v) is 8.09. The zero-order valence-electron chi connectivity index (χ0n) is 12.2. The van der Waals surface area contributed by atoms with Gasteiger partial charge >= 0.3 is 0 Å². The number of likely N-dealkylation sites (tertiary alicyclic amines) is 1. The van der Waals surface area contributed by atoms with Crippen LogP contribution in [0.2, 0.25) is 0 Å². The van der Waals surface area contributed by atoms with E-state index in [9.17, 15) is 0 Å². The van der Waals surface area contributed by atoms with E-state index in [1.165, 1.54) is 36.9 Å². The van der Waals surface area contributed by atoms with Gasteiger partial charge in [0, 0.05) is 18.3 Å². The molecule has 0 aromatic heterocycles. The Bertz CT molecular complexity index is 306. The van der Waals surface area contributed by atoms with E-state index in [-0.39, 0.29) is 0 Å². The number of hydrogen-bond donors (Lipinski definition) is 1. The number of nitrogens with one attached hydrogen (secondary N) is 1. The first-order valence-electron chi connectivity index (χ1n) is 7.11. The lowest BCUT2D eigenvalue weighted by Gasteiger charge is -2.36. The van der Waals surface area contributed by atoms with Crippen molar-refractivity contribution in [3.8, 4) is 0 Å². The number of amidine groups is 1. The summed E-state index contributed by atoms with van der Waals surface area (Å²) in [5.41, 5.74) is 0.414. The molecule has 18 heavy (non-hydrogen) atoms. The fourth-order valence-electron chi connectivity index (χ4n) is 2.44. The molecule has 3 nitrogen and oxygen atoms in total. The molecular formula is C14H27N3S. The maximum absolute atomic E-state index is 4.83. The lowest BCUT2D eigenvalue weighted by molar-refractivity contribution is 0.147. The summed E-state index contributed by atoms with van der Waals surface area (Å²) in [7, 11) is 2.22. The fourth-order valence-corrected chi connectivity index (χ4v) is 3.64. The van der Waals surface area contributed by atoms with E-state index in [0.29, 0.717) is 17.4 Å². The minimum Gasteiger partial charge on any atom is -0.361 e. The van der Waals surface area contributed by atoms with Crippen molar-refractivity contribution in [2.75, 3.05) is 32.4 Å². The predicted octanol–water partition coefficient (Wildman–Crippen LogP) is 2.44. The standard InChI is InChI=1S/C14H27N3S/c1-11(2)12-9-18-13(16-12)15-10-14(3)5-7-17(4)8-6-14/h11-12H,5-10H2,1-4H3,(H,15,16). The SMILES string of the molecule is CC(C)C1CSC(=NCC2(C)CCN(C)CC2)N1. The first kappa shape index (κ1) is 14.2. The van der Waals surface area contributed by atoms with E-state index in [2.05, 4.69) is 38.0 Å². The average Bonchev–Trinajstić information content (AvgIpc) is 2.80. The van der Waals surface area contributed by atoms with Crippen LogP contribution in [0.3, 0.4) is 0 Å². The molecule has 2 aliphatic rings. The van der Waals surface area contributed by atoms with Crippen LogP contribution in [0.25, 0.3) is 0 Å². The van der Waals surface area contributed by atoms with E-state index >= 15 is 0 Å². The Morgan fingerprint density at radius 3 is 2.67 bits per heavy atom. The van der Waals surface area contributed by atoms with Crippen molar-refractivity contribution in [3.05, 3.63) is 0 Å². The topological polar surface area (TPSA) is 27.6 Å². The Morgan fingerprint density at radius 1 is 1.44 bits per heavy atom. The molecule has 0 saturated carbocycles. The highest BCUT2D eigenvalue weighted by molar-refractivity contribution is 8.14. The zero-order valence-corrected chi connectivity index (χ0v) is 13.0. The van der Waals surface area contributed by atoms with Crippen LogP contribution >= 0.6 is 11.8 Å². The molecule has 0 aliphatic carbocycles. The summed E-state index contributed by atoms with van der Waals surface area (Å²) < 4.78 is 0. The summed E-state index contributed by atoms with van der Waals surface area (Å²) in [6, 6.07) is 0.610. The second-order valence-corrected chi connectivity index (χ2v) is 7.55. The van der Waals surface area contributed by atoms with Crippen LogP contribution in [0, 0.1) is 11.3 Å². The van der Waals surface area contributed by atoms with Crippen LogP contribution in [0.15, 0.2) is 4.99 Å². The normalized spacial score (nSPS) is 30.9. The van der Waals surface area contributed by atoms with E-state index in [0.717, 1.165) is 6.54 Å². The number of nitrogens with zero attached hydrogens (tertiary/aromatic N) is 2. The summed E-state index contributed by atoms with van der Waals surface area (Å²) in [4.78, 5) is 7.25. The molecule has 1 N–H and O–H groups in total. The first-order chi connectivity index (χ1) is 8.48. The Balaban J connectivity index is 1.84. The van der Waals surface area contributed by atoms with Crippen LogP contribution in [0.1, 0.15) is 33.6 Å². The minimum atomic E-state index is 0.414. The van der Waals surface area contributed by atoms with Gasteiger partial charge in [-0.3, -0.25) is 4.99 Å². The lowest BCUT2D eigenvalue weighted by atomic mass is 9.81. The van der Waals surface area contributed by atoms with Crippen molar-refractivity contribution in [3.63, 3.8) is 0 Å². The molecule has 1 atom stereocenters. The number of hydrogen-bond acceptors (Lipinski definition) is 3. The van der Waals surface area contributed by atoms with E-state index in [4.69, 9.17) is 4.99 Å². The van der Waals surface area contributed by atoms with Crippen molar-refractivity contribution >= 4 is 16.9 Å². The molecule has 0 spiro atoms. The van der Waals surface area contributed by atoms with Crippen molar-refractivity contribution in [2.24, 2.45) is 16.3 Å². The highest BCUT2D eigenvalue weighted by Crippen LogP contribution is 2.31. The van der Waals surface area contributed by atoms with E-state index in [1.54, 1.807) is 0 Å². The van der Waals surface area contributed by atoms with Crippen molar-refractivity contribution in [2.45, 2.75) is 39.7 Å². The molecule has 0 bridgehead atoms. The lowest BCUT2D eigenvalue weighted by Crippen LogP contribution is -2.38. The molecule has 1 unspecified atom stereocenters. The van der Waals surface area contributed by atoms with Gasteiger partial charge in [0.1, 0.15) is 0 Å². The summed E-state index contributed by atoms with van der Waals surface area (Å²) in [5, 5.41) is 4.73.